The summed E-state index contributed by atoms with van der Waals surface area (Å²) in [5.41, 5.74) is 0.0352. The summed E-state index contributed by atoms with van der Waals surface area (Å²) < 4.78 is 5.14. The van der Waals surface area contributed by atoms with Gasteiger partial charge in [-0.25, -0.2) is 0 Å². The van der Waals surface area contributed by atoms with Crippen molar-refractivity contribution >= 4 is 5.97 Å². The highest BCUT2D eigenvalue weighted by atomic mass is 16.5. The largest absolute Gasteiger partial charge is 0.466 e. The molecule has 102 valence electrons. The Hall–Kier alpha value is -0.530. The third-order valence-corrected chi connectivity index (χ3v) is 2.76. The van der Waals surface area contributed by atoms with E-state index >= 15 is 0 Å². The van der Waals surface area contributed by atoms with Gasteiger partial charge in [-0.05, 0) is 44.4 Å². The molecule has 0 aromatic rings. The van der Waals surface area contributed by atoms with Crippen molar-refractivity contribution < 1.29 is 9.53 Å². The fourth-order valence-corrected chi connectivity index (χ4v) is 3.09. The van der Waals surface area contributed by atoms with Gasteiger partial charge in [-0.15, -0.1) is 0 Å². The maximum Gasteiger partial charge on any atom is 0.311 e. The summed E-state index contributed by atoms with van der Waals surface area (Å²) in [7, 11) is 0. The standard InChI is InChI=1S/C15H30O2/c1-9-17-12(16)15(7,8)11-14(5,6)10-13(2,3)4/h9-11H2,1-8H3. The van der Waals surface area contributed by atoms with Gasteiger partial charge < -0.3 is 4.74 Å². The van der Waals surface area contributed by atoms with Crippen LogP contribution >= 0.6 is 0 Å². The Morgan fingerprint density at radius 1 is 0.941 bits per heavy atom. The first-order valence-electron chi connectivity index (χ1n) is 6.57. The Morgan fingerprint density at radius 2 is 1.41 bits per heavy atom. The van der Waals surface area contributed by atoms with Crippen LogP contribution in [0.2, 0.25) is 0 Å². The highest BCUT2D eigenvalue weighted by molar-refractivity contribution is 5.75. The van der Waals surface area contributed by atoms with E-state index in [0.717, 1.165) is 12.8 Å². The third kappa shape index (κ3) is 6.70. The third-order valence-electron chi connectivity index (χ3n) is 2.76. The molecule has 0 aromatic heterocycles. The number of hydrogen-bond donors (Lipinski definition) is 0. The lowest BCUT2D eigenvalue weighted by molar-refractivity contribution is -0.155. The van der Waals surface area contributed by atoms with Gasteiger partial charge in [-0.3, -0.25) is 4.79 Å². The van der Waals surface area contributed by atoms with Gasteiger partial charge in [-0.1, -0.05) is 34.6 Å². The molecule has 0 atom stereocenters. The number of carbonyl (C=O) groups is 1. The van der Waals surface area contributed by atoms with Crippen LogP contribution in [0.15, 0.2) is 0 Å². The van der Waals surface area contributed by atoms with E-state index in [1.165, 1.54) is 0 Å². The van der Waals surface area contributed by atoms with E-state index in [9.17, 15) is 4.79 Å². The smallest absolute Gasteiger partial charge is 0.311 e. The van der Waals surface area contributed by atoms with E-state index in [-0.39, 0.29) is 16.8 Å². The molecule has 0 radical (unpaired) electrons. The summed E-state index contributed by atoms with van der Waals surface area (Å²) in [6.07, 6.45) is 1.96. The van der Waals surface area contributed by atoms with Gasteiger partial charge >= 0.3 is 5.97 Å². The molecular formula is C15H30O2. The van der Waals surface area contributed by atoms with Crippen molar-refractivity contribution in [2.45, 2.75) is 68.2 Å². The molecule has 0 unspecified atom stereocenters. The average molecular weight is 242 g/mol. The van der Waals surface area contributed by atoms with Crippen molar-refractivity contribution in [2.75, 3.05) is 6.61 Å². The number of rotatable bonds is 5. The maximum atomic E-state index is 11.9. The molecule has 0 N–H and O–H groups in total. The van der Waals surface area contributed by atoms with Crippen LogP contribution in [0, 0.1) is 16.2 Å². The second-order valence-corrected chi connectivity index (χ2v) is 7.68. The molecule has 0 aliphatic rings. The summed E-state index contributed by atoms with van der Waals surface area (Å²) in [6.45, 7) is 17.5. The summed E-state index contributed by atoms with van der Waals surface area (Å²) >= 11 is 0. The van der Waals surface area contributed by atoms with E-state index in [1.54, 1.807) is 0 Å². The quantitative estimate of drug-likeness (QED) is 0.667. The summed E-state index contributed by atoms with van der Waals surface area (Å²) in [6, 6.07) is 0. The Bertz CT molecular complexity index is 257. The van der Waals surface area contributed by atoms with Crippen LogP contribution in [0.25, 0.3) is 0 Å². The number of hydrogen-bond acceptors (Lipinski definition) is 2. The molecule has 0 heterocycles. The average Bonchev–Trinajstić information content (AvgIpc) is 1.96. The first-order valence-corrected chi connectivity index (χ1v) is 6.57. The second-order valence-electron chi connectivity index (χ2n) is 7.68. The maximum absolute atomic E-state index is 11.9. The fourth-order valence-electron chi connectivity index (χ4n) is 3.09. The van der Waals surface area contributed by atoms with Crippen LogP contribution in [0.5, 0.6) is 0 Å². The monoisotopic (exact) mass is 242 g/mol. The van der Waals surface area contributed by atoms with Crippen LogP contribution < -0.4 is 0 Å². The van der Waals surface area contributed by atoms with Crippen molar-refractivity contribution in [1.29, 1.82) is 0 Å². The van der Waals surface area contributed by atoms with Gasteiger partial charge in [-0.2, -0.15) is 0 Å². The molecule has 0 saturated carbocycles. The van der Waals surface area contributed by atoms with Crippen molar-refractivity contribution in [1.82, 2.24) is 0 Å². The Morgan fingerprint density at radius 3 is 1.76 bits per heavy atom. The van der Waals surface area contributed by atoms with Gasteiger partial charge in [0, 0.05) is 0 Å². The molecule has 0 rings (SSSR count). The van der Waals surface area contributed by atoms with E-state index < -0.39 is 5.41 Å². The van der Waals surface area contributed by atoms with Crippen molar-refractivity contribution in [3.63, 3.8) is 0 Å². The van der Waals surface area contributed by atoms with E-state index in [4.69, 9.17) is 4.74 Å². The van der Waals surface area contributed by atoms with Crippen LogP contribution in [-0.4, -0.2) is 12.6 Å². The predicted molar refractivity (Wildman–Crippen MR) is 72.9 cm³/mol. The van der Waals surface area contributed by atoms with Gasteiger partial charge in [0.1, 0.15) is 0 Å². The Labute approximate surface area is 107 Å². The summed E-state index contributed by atoms with van der Waals surface area (Å²) in [5, 5.41) is 0. The molecule has 2 heteroatoms. The van der Waals surface area contributed by atoms with Crippen LogP contribution in [0.1, 0.15) is 68.2 Å². The number of carbonyl (C=O) groups excluding carboxylic acids is 1. The van der Waals surface area contributed by atoms with Gasteiger partial charge in [0.25, 0.3) is 0 Å². The van der Waals surface area contributed by atoms with E-state index in [1.807, 2.05) is 20.8 Å². The van der Waals surface area contributed by atoms with Crippen LogP contribution in [-0.2, 0) is 9.53 Å². The van der Waals surface area contributed by atoms with E-state index in [0.29, 0.717) is 6.61 Å². The zero-order chi connectivity index (χ0) is 13.9. The molecule has 0 amide bonds. The van der Waals surface area contributed by atoms with Crippen molar-refractivity contribution in [3.8, 4) is 0 Å². The zero-order valence-corrected chi connectivity index (χ0v) is 12.9. The molecule has 0 aromatic carbocycles. The lowest BCUT2D eigenvalue weighted by atomic mass is 9.68. The highest BCUT2D eigenvalue weighted by Crippen LogP contribution is 2.42. The molecule has 0 saturated heterocycles. The van der Waals surface area contributed by atoms with Crippen molar-refractivity contribution in [3.05, 3.63) is 0 Å². The van der Waals surface area contributed by atoms with Crippen LogP contribution in [0.4, 0.5) is 0 Å². The first-order chi connectivity index (χ1) is 7.40. The highest BCUT2D eigenvalue weighted by Gasteiger charge is 2.37. The number of esters is 1. The molecule has 17 heavy (non-hydrogen) atoms. The molecule has 2 nitrogen and oxygen atoms in total. The molecule has 0 aliphatic heterocycles. The van der Waals surface area contributed by atoms with Crippen molar-refractivity contribution in [2.24, 2.45) is 16.2 Å². The lowest BCUT2D eigenvalue weighted by Gasteiger charge is -2.37. The minimum atomic E-state index is -0.398. The normalized spacial score (nSPS) is 13.6. The summed E-state index contributed by atoms with van der Waals surface area (Å²) in [4.78, 5) is 11.9. The SMILES string of the molecule is CCOC(=O)C(C)(C)CC(C)(C)CC(C)(C)C. The Kier molecular flexibility index (Phi) is 5.24. The lowest BCUT2D eigenvalue weighted by Crippen LogP contribution is -2.34. The zero-order valence-electron chi connectivity index (χ0n) is 12.9. The predicted octanol–water partition coefficient (Wildman–Crippen LogP) is 4.43. The van der Waals surface area contributed by atoms with E-state index in [2.05, 4.69) is 34.6 Å². The van der Waals surface area contributed by atoms with Gasteiger partial charge in [0.15, 0.2) is 0 Å². The topological polar surface area (TPSA) is 26.3 Å². The fraction of sp³-hybridized carbons (Fsp3) is 0.933. The number of ether oxygens (including phenoxy) is 1. The first kappa shape index (κ1) is 16.5. The molecule has 0 spiro atoms. The molecular weight excluding hydrogens is 212 g/mol. The van der Waals surface area contributed by atoms with Crippen LogP contribution in [0.3, 0.4) is 0 Å². The second kappa shape index (κ2) is 5.41. The van der Waals surface area contributed by atoms with Gasteiger partial charge in [0.2, 0.25) is 0 Å². The molecule has 0 fully saturated rings. The van der Waals surface area contributed by atoms with Gasteiger partial charge in [0.05, 0.1) is 12.0 Å². The molecule has 0 aliphatic carbocycles. The minimum Gasteiger partial charge on any atom is -0.466 e. The summed E-state index contributed by atoms with van der Waals surface area (Å²) in [5.74, 6) is -0.0815. The molecule has 0 bridgehead atoms. The Balaban J connectivity index is 4.64. The minimum absolute atomic E-state index is 0.0815.